The molecule has 0 atom stereocenters. The third-order valence-corrected chi connectivity index (χ3v) is 9.40. The van der Waals surface area contributed by atoms with Crippen LogP contribution in [0, 0.1) is 11.8 Å². The Morgan fingerprint density at radius 3 is 2.05 bits per heavy atom. The molecule has 0 bridgehead atoms. The Hall–Kier alpha value is 0.0927. The number of rotatable bonds is 4. The minimum Gasteiger partial charge on any atom is -0.871 e. The van der Waals surface area contributed by atoms with E-state index in [0.717, 1.165) is 10.0 Å². The van der Waals surface area contributed by atoms with Crippen LogP contribution in [0.4, 0.5) is 5.00 Å². The van der Waals surface area contributed by atoms with Crippen LogP contribution in [-0.4, -0.2) is 59.3 Å². The molecule has 0 unspecified atom stereocenters. The van der Waals surface area contributed by atoms with Crippen LogP contribution in [0.3, 0.4) is 0 Å². The molecule has 2 saturated heterocycles. The first-order chi connectivity index (χ1) is 17.2. The van der Waals surface area contributed by atoms with Crippen molar-refractivity contribution in [2.45, 2.75) is 25.7 Å². The molecule has 4 aliphatic rings. The van der Waals surface area contributed by atoms with E-state index in [4.69, 9.17) is 0 Å². The number of aliphatic carboxylic acids is 2. The monoisotopic (exact) mass is 604 g/mol. The normalized spacial score (nSPS) is 24.1. The van der Waals surface area contributed by atoms with Crippen molar-refractivity contribution < 1.29 is 142 Å². The van der Waals surface area contributed by atoms with E-state index in [1.807, 2.05) is 9.48 Å². The second kappa shape index (κ2) is 13.8. The Bertz CT molecular complexity index is 1300. The molecule has 188 valence electrons. The molecule has 13 heteroatoms. The number of thiophene rings is 1. The molecule has 1 aromatic heterocycles. The molecule has 0 aromatic carbocycles. The fraction of sp³-hybridized carbons (Fsp3) is 0.400. The molecule has 0 spiro atoms. The van der Waals surface area contributed by atoms with Crippen LogP contribution >= 0.6 is 23.1 Å². The average molecular weight is 605 g/mol. The first-order valence-electron chi connectivity index (χ1n) is 11.7. The van der Waals surface area contributed by atoms with Crippen molar-refractivity contribution in [1.82, 2.24) is 0 Å². The Balaban J connectivity index is 0.00000200. The van der Waals surface area contributed by atoms with Crippen molar-refractivity contribution >= 4 is 62.2 Å². The van der Waals surface area contributed by atoms with E-state index in [2.05, 4.69) is 0 Å². The van der Waals surface area contributed by atoms with Gasteiger partial charge in [-0.3, -0.25) is 9.59 Å². The molecule has 0 amide bonds. The van der Waals surface area contributed by atoms with E-state index in [1.165, 1.54) is 23.1 Å². The van der Waals surface area contributed by atoms with Gasteiger partial charge < -0.3 is 29.8 Å². The fourth-order valence-electron chi connectivity index (χ4n) is 4.94. The minimum absolute atomic E-state index is 0. The number of carbonyl (C=O) groups is 4. The predicted octanol–water partition coefficient (Wildman–Crippen LogP) is -6.93. The molecular weight excluding hydrogens is 583 g/mol. The van der Waals surface area contributed by atoms with E-state index >= 15 is 0 Å². The van der Waals surface area contributed by atoms with Crippen molar-refractivity contribution in [2.75, 3.05) is 31.1 Å². The molecule has 9 nitrogen and oxygen atoms in total. The van der Waals surface area contributed by atoms with Gasteiger partial charge in [0, 0.05) is 76.7 Å². The first-order valence-corrected chi connectivity index (χ1v) is 13.4. The summed E-state index contributed by atoms with van der Waals surface area (Å²) < 4.78 is 2.01. The largest absolute Gasteiger partial charge is 1.00 e. The maximum Gasteiger partial charge on any atom is 1.00 e. The molecule has 4 heterocycles. The molecular formula is C25H22K2N2O7S2. The van der Waals surface area contributed by atoms with E-state index in [1.54, 1.807) is 24.3 Å². The van der Waals surface area contributed by atoms with Crippen molar-refractivity contribution in [2.24, 2.45) is 11.8 Å². The van der Waals surface area contributed by atoms with Gasteiger partial charge in [0.15, 0.2) is 0 Å². The maximum atomic E-state index is 13.3. The number of Topliss-reactive ketones (excluding diaryl/α,β-unsaturated/α-hetero) is 2. The summed E-state index contributed by atoms with van der Waals surface area (Å²) >= 11 is 2.49. The standard InChI is InChI=1S/C25H24N2O7S2.2K/c28-21-19(15-1-3-17(35-15)26-9-5-13(6-10-26)24(31)32)22(29)23(30)20(21)16-2-4-18(36-16)27-11-7-14(8-12-27)25(33)34;;/h1-4,13-14H,5-12H2,(H2-,28,29,30,31,32,33,34);;/q;2*+1/p-2. The summed E-state index contributed by atoms with van der Waals surface area (Å²) in [4.78, 5) is 50.7. The third-order valence-electron chi connectivity index (χ3n) is 7.07. The van der Waals surface area contributed by atoms with E-state index < -0.39 is 41.1 Å². The van der Waals surface area contributed by atoms with E-state index in [-0.39, 0.29) is 114 Å². The fourth-order valence-corrected chi connectivity index (χ4v) is 7.13. The number of ketones is 2. The van der Waals surface area contributed by atoms with Crippen LogP contribution in [0.15, 0.2) is 40.5 Å². The third kappa shape index (κ3) is 6.60. The van der Waals surface area contributed by atoms with E-state index in [9.17, 15) is 34.5 Å². The van der Waals surface area contributed by atoms with Crippen molar-refractivity contribution in [3.05, 3.63) is 45.4 Å². The summed E-state index contributed by atoms with van der Waals surface area (Å²) in [5, 5.41) is 37.1. The van der Waals surface area contributed by atoms with Crippen LogP contribution in [0.25, 0.3) is 5.57 Å². The number of nitrogens with zero attached hydrogens (tertiary/aromatic N) is 2. The van der Waals surface area contributed by atoms with Gasteiger partial charge in [-0.25, -0.2) is 4.58 Å². The summed E-state index contributed by atoms with van der Waals surface area (Å²) in [6.45, 7) is 2.13. The number of carboxylic acid groups (broad SMARTS) is 2. The van der Waals surface area contributed by atoms with Gasteiger partial charge in [-0.05, 0) is 42.8 Å². The maximum absolute atomic E-state index is 13.3. The number of hydrogen-bond donors (Lipinski definition) is 0. The van der Waals surface area contributed by atoms with Gasteiger partial charge in [-0.1, -0.05) is 5.76 Å². The summed E-state index contributed by atoms with van der Waals surface area (Å²) in [7, 11) is 0. The molecule has 0 N–H and O–H groups in total. The van der Waals surface area contributed by atoms with Gasteiger partial charge in [-0.2, -0.15) is 0 Å². The predicted molar refractivity (Wildman–Crippen MR) is 128 cm³/mol. The molecule has 5 rings (SSSR count). The summed E-state index contributed by atoms with van der Waals surface area (Å²) in [6.07, 6.45) is 5.30. The number of carboxylic acids is 2. The summed E-state index contributed by atoms with van der Waals surface area (Å²) in [5.74, 6) is -5.25. The van der Waals surface area contributed by atoms with Gasteiger partial charge in [0.2, 0.25) is 16.6 Å². The summed E-state index contributed by atoms with van der Waals surface area (Å²) in [5.41, 5.74) is -0.249. The Morgan fingerprint density at radius 2 is 1.45 bits per heavy atom. The Kier molecular flexibility index (Phi) is 11.9. The number of allylic oxidation sites excluding steroid dienone is 3. The quantitative estimate of drug-likeness (QED) is 0.142. The van der Waals surface area contributed by atoms with Crippen LogP contribution in [0.1, 0.15) is 30.6 Å². The number of anilines is 1. The first kappa shape index (κ1) is 32.6. The van der Waals surface area contributed by atoms with Crippen molar-refractivity contribution in [3.8, 4) is 0 Å². The average Bonchev–Trinajstić information content (AvgIpc) is 3.59. The van der Waals surface area contributed by atoms with Crippen LogP contribution in [0.2, 0.25) is 0 Å². The second-order valence-electron chi connectivity index (χ2n) is 9.17. The summed E-state index contributed by atoms with van der Waals surface area (Å²) in [6, 6.07) is 3.45. The Morgan fingerprint density at radius 1 is 0.868 bits per heavy atom. The number of piperidine rings is 2. The number of hydrogen-bond acceptors (Lipinski definition) is 10. The Labute approximate surface area is 313 Å². The molecule has 2 fully saturated rings. The van der Waals surface area contributed by atoms with Gasteiger partial charge in [-0.15, -0.1) is 11.3 Å². The van der Waals surface area contributed by atoms with Crippen LogP contribution in [-0.2, 0) is 19.2 Å². The van der Waals surface area contributed by atoms with Crippen molar-refractivity contribution in [3.63, 3.8) is 0 Å². The molecule has 38 heavy (non-hydrogen) atoms. The second-order valence-corrected chi connectivity index (χ2v) is 11.3. The SMILES string of the molecule is O=C1C(=O)C(c2ccc(N3CCC(C(=O)[O-])CC3)s2)=C([O-])C1=C1C=CC(=[N+]2CCC(C(=O)[O-])CC2)S1.[K+].[K+]. The molecule has 1 aromatic rings. The molecule has 0 radical (unpaired) electrons. The number of thioether (sulfide) groups is 1. The van der Waals surface area contributed by atoms with Crippen LogP contribution < -0.4 is 123 Å². The molecule has 3 aliphatic heterocycles. The molecule has 0 saturated carbocycles. The topological polar surface area (TPSA) is 144 Å². The zero-order valence-electron chi connectivity index (χ0n) is 21.2. The van der Waals surface area contributed by atoms with Crippen molar-refractivity contribution in [1.29, 1.82) is 0 Å². The number of carbonyl (C=O) groups excluding carboxylic acids is 4. The molecule has 1 aliphatic carbocycles. The van der Waals surface area contributed by atoms with Gasteiger partial charge in [0.1, 0.15) is 13.1 Å². The van der Waals surface area contributed by atoms with E-state index in [0.29, 0.717) is 61.6 Å². The zero-order chi connectivity index (χ0) is 25.6. The zero-order valence-corrected chi connectivity index (χ0v) is 29.1. The van der Waals surface area contributed by atoms with Gasteiger partial charge in [0.05, 0.1) is 5.00 Å². The van der Waals surface area contributed by atoms with Crippen LogP contribution in [0.5, 0.6) is 0 Å². The van der Waals surface area contributed by atoms with Gasteiger partial charge in [0.25, 0.3) is 0 Å². The van der Waals surface area contributed by atoms with Gasteiger partial charge >= 0.3 is 103 Å². The smallest absolute Gasteiger partial charge is 0.871 e. The minimum atomic E-state index is -1.04.